The second-order valence-corrected chi connectivity index (χ2v) is 12.8. The van der Waals surface area contributed by atoms with Crippen LogP contribution in [0.4, 0.5) is 5.69 Å². The van der Waals surface area contributed by atoms with E-state index >= 15 is 0 Å². The molecule has 1 aliphatic carbocycles. The number of carbonyl (C=O) groups excluding carboxylic acids is 1. The molecular weight excluding hydrogens is 484 g/mol. The minimum Gasteiger partial charge on any atom is -0.490 e. The Hall–Kier alpha value is -3.06. The highest BCUT2D eigenvalue weighted by atomic mass is 32.2. The Kier molecular flexibility index (Phi) is 8.12. The standard InChI is InChI=1S/C30H38N2O4S/c1-30(2,3)24-12-16-26(17-13-24)36-27-15-11-22-20-25(14-10-23(22)21-27)32(4)19-18-29(33)31-37(34,35)28-8-6-5-7-9-28/h5-11,14-15,20-21,24,26H,12-13,16-19H2,1-4H3,(H,31,33)/t24-,26-. The normalized spacial score (nSPS) is 18.4. The summed E-state index contributed by atoms with van der Waals surface area (Å²) < 4.78 is 33.2. The second kappa shape index (κ2) is 11.1. The number of ether oxygens (including phenoxy) is 1. The third-order valence-corrected chi connectivity index (χ3v) is 8.80. The zero-order valence-corrected chi connectivity index (χ0v) is 23.1. The van der Waals surface area contributed by atoms with Crippen molar-refractivity contribution >= 4 is 32.4 Å². The fraction of sp³-hybridized carbons (Fsp3) is 0.433. The highest BCUT2D eigenvalue weighted by Crippen LogP contribution is 2.39. The van der Waals surface area contributed by atoms with E-state index < -0.39 is 15.9 Å². The number of rotatable bonds is 8. The van der Waals surface area contributed by atoms with Crippen molar-refractivity contribution in [2.24, 2.45) is 11.3 Å². The number of carbonyl (C=O) groups is 1. The first-order chi connectivity index (χ1) is 17.5. The summed E-state index contributed by atoms with van der Waals surface area (Å²) in [6, 6.07) is 20.2. The molecule has 1 N–H and O–H groups in total. The fourth-order valence-electron chi connectivity index (χ4n) is 5.02. The van der Waals surface area contributed by atoms with Crippen LogP contribution in [-0.2, 0) is 14.8 Å². The van der Waals surface area contributed by atoms with Crippen LogP contribution in [0.2, 0.25) is 0 Å². The number of amides is 1. The van der Waals surface area contributed by atoms with Gasteiger partial charge in [0.05, 0.1) is 11.0 Å². The van der Waals surface area contributed by atoms with Gasteiger partial charge in [0.1, 0.15) is 5.75 Å². The third-order valence-electron chi connectivity index (χ3n) is 7.41. The summed E-state index contributed by atoms with van der Waals surface area (Å²) in [5.41, 5.74) is 1.32. The number of benzene rings is 3. The van der Waals surface area contributed by atoms with E-state index in [4.69, 9.17) is 4.74 Å². The lowest BCUT2D eigenvalue weighted by Gasteiger charge is -2.37. The van der Waals surface area contributed by atoms with Crippen molar-refractivity contribution in [2.45, 2.75) is 63.9 Å². The molecule has 0 aliphatic heterocycles. The Morgan fingerprint density at radius 1 is 0.946 bits per heavy atom. The zero-order valence-electron chi connectivity index (χ0n) is 22.2. The molecule has 0 aromatic heterocycles. The molecule has 0 atom stereocenters. The van der Waals surface area contributed by atoms with Gasteiger partial charge in [-0.1, -0.05) is 51.1 Å². The molecule has 37 heavy (non-hydrogen) atoms. The van der Waals surface area contributed by atoms with E-state index in [2.05, 4.69) is 49.8 Å². The second-order valence-electron chi connectivity index (χ2n) is 11.2. The average molecular weight is 523 g/mol. The van der Waals surface area contributed by atoms with Gasteiger partial charge in [0.15, 0.2) is 0 Å². The van der Waals surface area contributed by atoms with Crippen LogP contribution in [0.25, 0.3) is 10.8 Å². The van der Waals surface area contributed by atoms with Gasteiger partial charge in [-0.2, -0.15) is 0 Å². The molecular formula is C30H38N2O4S. The van der Waals surface area contributed by atoms with Crippen molar-refractivity contribution < 1.29 is 17.9 Å². The van der Waals surface area contributed by atoms with Crippen LogP contribution in [0, 0.1) is 11.3 Å². The molecule has 7 heteroatoms. The Balaban J connectivity index is 1.32. The summed E-state index contributed by atoms with van der Waals surface area (Å²) in [5.74, 6) is 1.14. The lowest BCUT2D eigenvalue weighted by molar-refractivity contribution is -0.119. The first-order valence-electron chi connectivity index (χ1n) is 13.0. The highest BCUT2D eigenvalue weighted by molar-refractivity contribution is 7.90. The van der Waals surface area contributed by atoms with Gasteiger partial charge in [-0.3, -0.25) is 4.79 Å². The van der Waals surface area contributed by atoms with Crippen molar-refractivity contribution in [1.29, 1.82) is 0 Å². The Morgan fingerprint density at radius 2 is 1.59 bits per heavy atom. The monoisotopic (exact) mass is 522 g/mol. The molecule has 0 radical (unpaired) electrons. The van der Waals surface area contributed by atoms with E-state index in [9.17, 15) is 13.2 Å². The van der Waals surface area contributed by atoms with Gasteiger partial charge in [0, 0.05) is 25.7 Å². The summed E-state index contributed by atoms with van der Waals surface area (Å²) in [6.45, 7) is 7.39. The van der Waals surface area contributed by atoms with E-state index in [-0.39, 0.29) is 17.4 Å². The van der Waals surface area contributed by atoms with Gasteiger partial charge >= 0.3 is 0 Å². The number of anilines is 1. The molecule has 6 nitrogen and oxygen atoms in total. The molecule has 1 aliphatic rings. The average Bonchev–Trinajstić information content (AvgIpc) is 2.87. The summed E-state index contributed by atoms with van der Waals surface area (Å²) in [4.78, 5) is 14.3. The third kappa shape index (κ3) is 7.04. The van der Waals surface area contributed by atoms with Crippen molar-refractivity contribution in [1.82, 2.24) is 4.72 Å². The predicted molar refractivity (Wildman–Crippen MR) is 149 cm³/mol. The molecule has 1 saturated carbocycles. The zero-order chi connectivity index (χ0) is 26.6. The molecule has 3 aromatic rings. The molecule has 198 valence electrons. The molecule has 3 aromatic carbocycles. The van der Waals surface area contributed by atoms with Gasteiger partial charge < -0.3 is 9.64 Å². The molecule has 0 heterocycles. The first kappa shape index (κ1) is 27.0. The van der Waals surface area contributed by atoms with E-state index in [0.717, 1.165) is 41.0 Å². The minimum absolute atomic E-state index is 0.0604. The number of hydrogen-bond donors (Lipinski definition) is 1. The van der Waals surface area contributed by atoms with Crippen molar-refractivity contribution in [3.05, 3.63) is 66.7 Å². The maximum atomic E-state index is 12.4. The van der Waals surface area contributed by atoms with Crippen molar-refractivity contribution in [2.75, 3.05) is 18.5 Å². The SMILES string of the molecule is CN(CCC(=O)NS(=O)(=O)c1ccccc1)c1ccc2cc(O[C@H]3CC[C@H](C(C)(C)C)CC3)ccc2c1. The maximum Gasteiger partial charge on any atom is 0.264 e. The quantitative estimate of drug-likeness (QED) is 0.384. The lowest BCUT2D eigenvalue weighted by Crippen LogP contribution is -2.33. The van der Waals surface area contributed by atoms with E-state index in [1.165, 1.54) is 25.0 Å². The maximum absolute atomic E-state index is 12.4. The van der Waals surface area contributed by atoms with Gasteiger partial charge in [-0.05, 0) is 84.2 Å². The molecule has 0 saturated heterocycles. The largest absolute Gasteiger partial charge is 0.490 e. The van der Waals surface area contributed by atoms with E-state index in [1.807, 2.05) is 24.1 Å². The first-order valence-corrected chi connectivity index (χ1v) is 14.5. The summed E-state index contributed by atoms with van der Waals surface area (Å²) in [6.07, 6.45) is 4.97. The molecule has 0 unspecified atom stereocenters. The fourth-order valence-corrected chi connectivity index (χ4v) is 6.05. The summed E-state index contributed by atoms with van der Waals surface area (Å²) in [5, 5.41) is 2.19. The van der Waals surface area contributed by atoms with Crippen LogP contribution in [0.3, 0.4) is 0 Å². The van der Waals surface area contributed by atoms with Gasteiger partial charge in [-0.25, -0.2) is 13.1 Å². The Labute approximate surface area is 221 Å². The molecule has 1 amide bonds. The number of nitrogens with one attached hydrogen (secondary N) is 1. The number of sulfonamides is 1. The Morgan fingerprint density at radius 3 is 2.27 bits per heavy atom. The van der Waals surface area contributed by atoms with Gasteiger partial charge in [0.2, 0.25) is 5.91 Å². The topological polar surface area (TPSA) is 75.7 Å². The molecule has 1 fully saturated rings. The van der Waals surface area contributed by atoms with Crippen LogP contribution in [0.5, 0.6) is 5.75 Å². The number of hydrogen-bond acceptors (Lipinski definition) is 5. The van der Waals surface area contributed by atoms with Gasteiger partial charge in [-0.15, -0.1) is 0 Å². The van der Waals surface area contributed by atoms with Crippen LogP contribution < -0.4 is 14.4 Å². The molecule has 0 bridgehead atoms. The molecule has 4 rings (SSSR count). The van der Waals surface area contributed by atoms with Gasteiger partial charge in [0.25, 0.3) is 10.0 Å². The van der Waals surface area contributed by atoms with Crippen LogP contribution in [0.15, 0.2) is 71.6 Å². The summed E-state index contributed by atoms with van der Waals surface area (Å²) >= 11 is 0. The van der Waals surface area contributed by atoms with Crippen LogP contribution in [-0.4, -0.2) is 34.0 Å². The summed E-state index contributed by atoms with van der Waals surface area (Å²) in [7, 11) is -1.96. The number of nitrogens with zero attached hydrogens (tertiary/aromatic N) is 1. The van der Waals surface area contributed by atoms with E-state index in [1.54, 1.807) is 18.2 Å². The van der Waals surface area contributed by atoms with E-state index in [0.29, 0.717) is 12.0 Å². The minimum atomic E-state index is -3.86. The Bertz CT molecular complexity index is 1320. The highest BCUT2D eigenvalue weighted by Gasteiger charge is 2.30. The lowest BCUT2D eigenvalue weighted by atomic mass is 9.72. The predicted octanol–water partition coefficient (Wildman–Crippen LogP) is 6.15. The number of fused-ring (bicyclic) bond motifs is 1. The van der Waals surface area contributed by atoms with Crippen LogP contribution in [0.1, 0.15) is 52.9 Å². The molecule has 0 spiro atoms. The van der Waals surface area contributed by atoms with Crippen LogP contribution >= 0.6 is 0 Å². The smallest absolute Gasteiger partial charge is 0.264 e. The van der Waals surface area contributed by atoms with Crippen molar-refractivity contribution in [3.8, 4) is 5.75 Å². The van der Waals surface area contributed by atoms with Crippen molar-refractivity contribution in [3.63, 3.8) is 0 Å².